The number of nitrogens with zero attached hydrogens (tertiary/aromatic N) is 2. The molecule has 0 saturated heterocycles. The second-order valence-corrected chi connectivity index (χ2v) is 10.5. The smallest absolute Gasteiger partial charge is 0.313 e. The maximum atomic E-state index is 14.4. The van der Waals surface area contributed by atoms with Crippen LogP contribution in [-0.4, -0.2) is 20.6 Å². The van der Waals surface area contributed by atoms with E-state index in [1.165, 1.54) is 23.9 Å². The number of benzene rings is 2. The molecule has 0 unspecified atom stereocenters. The lowest BCUT2D eigenvalue weighted by molar-refractivity contribution is -0.142. The summed E-state index contributed by atoms with van der Waals surface area (Å²) in [5, 5.41) is 11.2. The van der Waals surface area contributed by atoms with Gasteiger partial charge in [-0.3, -0.25) is 4.79 Å². The molecule has 0 amide bonds. The molecule has 32 heavy (non-hydrogen) atoms. The zero-order valence-electron chi connectivity index (χ0n) is 18.5. The van der Waals surface area contributed by atoms with Crippen molar-refractivity contribution in [3.05, 3.63) is 80.8 Å². The van der Waals surface area contributed by atoms with Crippen LogP contribution in [0.25, 0.3) is 0 Å². The molecular weight excluding hydrogens is 470 g/mol. The van der Waals surface area contributed by atoms with Crippen molar-refractivity contribution in [3.8, 4) is 0 Å². The van der Waals surface area contributed by atoms with Gasteiger partial charge in [0.1, 0.15) is 5.82 Å². The van der Waals surface area contributed by atoms with Crippen LogP contribution in [0.2, 0.25) is 10.0 Å². The van der Waals surface area contributed by atoms with E-state index in [0.717, 1.165) is 16.4 Å². The third-order valence-electron chi connectivity index (χ3n) is 5.89. The van der Waals surface area contributed by atoms with E-state index in [1.807, 2.05) is 29.9 Å². The Morgan fingerprint density at radius 3 is 2.38 bits per heavy atom. The maximum Gasteiger partial charge on any atom is 0.313 e. The van der Waals surface area contributed by atoms with Gasteiger partial charge in [0.2, 0.25) is 0 Å². The van der Waals surface area contributed by atoms with Crippen LogP contribution in [0.5, 0.6) is 0 Å². The number of carboxylic acid groups (broad SMARTS) is 1. The SMILES string of the molecule is Cn1c(C(C)(C)c2ccc(Cl)c(Cl)c2)cnc1SCc1cc(C(C)(C)C(=O)O)ccc1F. The molecule has 1 heterocycles. The van der Waals surface area contributed by atoms with Gasteiger partial charge >= 0.3 is 5.97 Å². The maximum absolute atomic E-state index is 14.4. The highest BCUT2D eigenvalue weighted by Crippen LogP contribution is 2.37. The Morgan fingerprint density at radius 1 is 1.09 bits per heavy atom. The quantitative estimate of drug-likeness (QED) is 0.365. The Kier molecular flexibility index (Phi) is 6.99. The first kappa shape index (κ1) is 24.6. The van der Waals surface area contributed by atoms with E-state index < -0.39 is 11.4 Å². The Labute approximate surface area is 201 Å². The fourth-order valence-corrected chi connectivity index (χ4v) is 4.70. The number of carboxylic acids is 1. The predicted octanol–water partition coefficient (Wildman–Crippen LogP) is 6.85. The molecular formula is C24H25Cl2FN2O2S. The molecule has 0 aliphatic carbocycles. The van der Waals surface area contributed by atoms with Crippen molar-refractivity contribution in [1.82, 2.24) is 9.55 Å². The molecule has 0 aliphatic heterocycles. The summed E-state index contributed by atoms with van der Waals surface area (Å²) in [7, 11) is 1.92. The average molecular weight is 495 g/mol. The third kappa shape index (κ3) is 4.68. The summed E-state index contributed by atoms with van der Waals surface area (Å²) in [6.07, 6.45) is 1.81. The number of imidazole rings is 1. The summed E-state index contributed by atoms with van der Waals surface area (Å²) in [4.78, 5) is 16.1. The van der Waals surface area contributed by atoms with Crippen molar-refractivity contribution in [2.45, 2.75) is 49.4 Å². The van der Waals surface area contributed by atoms with Gasteiger partial charge in [0.15, 0.2) is 5.16 Å². The lowest BCUT2D eigenvalue weighted by Crippen LogP contribution is -2.28. The molecule has 4 nitrogen and oxygen atoms in total. The monoisotopic (exact) mass is 494 g/mol. The molecule has 3 aromatic rings. The standard InChI is InChI=1S/C24H25Cl2FN2O2S/c1-23(2,16-6-8-17(25)18(26)11-16)20-12-28-22(29(20)5)32-13-14-10-15(7-9-19(14)27)24(3,4)21(30)31/h6-12H,13H2,1-5H3,(H,30,31). The number of aliphatic carboxylic acids is 1. The minimum absolute atomic E-state index is 0.326. The average Bonchev–Trinajstić information content (AvgIpc) is 3.10. The Morgan fingerprint density at radius 2 is 1.75 bits per heavy atom. The minimum atomic E-state index is -1.10. The normalized spacial score (nSPS) is 12.2. The molecule has 1 N–H and O–H groups in total. The lowest BCUT2D eigenvalue weighted by Gasteiger charge is -2.26. The molecule has 0 saturated carbocycles. The van der Waals surface area contributed by atoms with E-state index in [2.05, 4.69) is 18.8 Å². The molecule has 0 atom stereocenters. The van der Waals surface area contributed by atoms with Gasteiger partial charge in [-0.05, 0) is 48.7 Å². The first-order valence-electron chi connectivity index (χ1n) is 9.98. The fourth-order valence-electron chi connectivity index (χ4n) is 3.48. The molecule has 0 radical (unpaired) electrons. The van der Waals surface area contributed by atoms with Gasteiger partial charge in [-0.2, -0.15) is 0 Å². The number of hydrogen-bond donors (Lipinski definition) is 1. The molecule has 8 heteroatoms. The summed E-state index contributed by atoms with van der Waals surface area (Å²) in [5.74, 6) is -0.999. The molecule has 0 spiro atoms. The first-order valence-corrected chi connectivity index (χ1v) is 11.7. The highest BCUT2D eigenvalue weighted by Gasteiger charge is 2.31. The zero-order chi connectivity index (χ0) is 23.8. The second kappa shape index (κ2) is 9.08. The summed E-state index contributed by atoms with van der Waals surface area (Å²) in [6, 6.07) is 10.1. The summed E-state index contributed by atoms with van der Waals surface area (Å²) in [5.41, 5.74) is 1.48. The number of halogens is 3. The van der Waals surface area contributed by atoms with Crippen LogP contribution >= 0.6 is 35.0 Å². The first-order chi connectivity index (χ1) is 14.9. The highest BCUT2D eigenvalue weighted by atomic mass is 35.5. The van der Waals surface area contributed by atoms with Gasteiger partial charge in [0.25, 0.3) is 0 Å². The van der Waals surface area contributed by atoms with Crippen molar-refractivity contribution in [1.29, 1.82) is 0 Å². The fraction of sp³-hybridized carbons (Fsp3) is 0.333. The Balaban J connectivity index is 1.85. The van der Waals surface area contributed by atoms with Crippen LogP contribution < -0.4 is 0 Å². The van der Waals surface area contributed by atoms with E-state index in [-0.39, 0.29) is 11.2 Å². The van der Waals surface area contributed by atoms with Crippen molar-refractivity contribution < 1.29 is 14.3 Å². The van der Waals surface area contributed by atoms with E-state index in [0.29, 0.717) is 26.9 Å². The van der Waals surface area contributed by atoms with E-state index >= 15 is 0 Å². The highest BCUT2D eigenvalue weighted by molar-refractivity contribution is 7.98. The summed E-state index contributed by atoms with van der Waals surface area (Å²) in [6.45, 7) is 7.37. The van der Waals surface area contributed by atoms with Crippen molar-refractivity contribution >= 4 is 40.9 Å². The number of rotatable bonds is 7. The topological polar surface area (TPSA) is 55.1 Å². The molecule has 0 bridgehead atoms. The molecule has 0 aliphatic rings. The molecule has 3 rings (SSSR count). The van der Waals surface area contributed by atoms with Crippen molar-refractivity contribution in [2.24, 2.45) is 7.05 Å². The third-order valence-corrected chi connectivity index (χ3v) is 7.72. The lowest BCUT2D eigenvalue weighted by atomic mass is 9.82. The Bertz CT molecular complexity index is 1170. The van der Waals surface area contributed by atoms with Gasteiger partial charge in [-0.25, -0.2) is 9.37 Å². The van der Waals surface area contributed by atoms with Crippen molar-refractivity contribution in [3.63, 3.8) is 0 Å². The summed E-state index contributed by atoms with van der Waals surface area (Å²) >= 11 is 13.7. The van der Waals surface area contributed by atoms with Crippen LogP contribution in [0.1, 0.15) is 50.1 Å². The molecule has 0 fully saturated rings. The van der Waals surface area contributed by atoms with Gasteiger partial charge < -0.3 is 9.67 Å². The number of aromatic nitrogens is 2. The minimum Gasteiger partial charge on any atom is -0.481 e. The number of carbonyl (C=O) groups is 1. The van der Waals surface area contributed by atoms with Gasteiger partial charge in [-0.15, -0.1) is 0 Å². The largest absolute Gasteiger partial charge is 0.481 e. The van der Waals surface area contributed by atoms with Crippen LogP contribution in [0.4, 0.5) is 4.39 Å². The van der Waals surface area contributed by atoms with Gasteiger partial charge in [-0.1, -0.05) is 67.0 Å². The van der Waals surface area contributed by atoms with Crippen LogP contribution in [-0.2, 0) is 28.4 Å². The number of hydrogen-bond acceptors (Lipinski definition) is 3. The van der Waals surface area contributed by atoms with Crippen molar-refractivity contribution in [2.75, 3.05) is 0 Å². The van der Waals surface area contributed by atoms with Gasteiger partial charge in [0.05, 0.1) is 21.7 Å². The van der Waals surface area contributed by atoms with Crippen LogP contribution in [0.15, 0.2) is 47.8 Å². The number of thioether (sulfide) groups is 1. The predicted molar refractivity (Wildman–Crippen MR) is 128 cm³/mol. The van der Waals surface area contributed by atoms with Gasteiger partial charge in [0, 0.05) is 23.9 Å². The Hall–Kier alpha value is -2.02. The zero-order valence-corrected chi connectivity index (χ0v) is 20.9. The van der Waals surface area contributed by atoms with Crippen LogP contribution in [0, 0.1) is 5.82 Å². The van der Waals surface area contributed by atoms with E-state index in [1.54, 1.807) is 26.0 Å². The second-order valence-electron chi connectivity index (χ2n) is 8.76. The van der Waals surface area contributed by atoms with Crippen LogP contribution in [0.3, 0.4) is 0 Å². The summed E-state index contributed by atoms with van der Waals surface area (Å²) < 4.78 is 16.4. The van der Waals surface area contributed by atoms with E-state index in [9.17, 15) is 14.3 Å². The molecule has 2 aromatic carbocycles. The molecule has 170 valence electrons. The van der Waals surface area contributed by atoms with E-state index in [4.69, 9.17) is 23.2 Å². The molecule has 1 aromatic heterocycles.